The van der Waals surface area contributed by atoms with Crippen molar-refractivity contribution in [3.63, 3.8) is 0 Å². The number of carbonyl (C=O) groups is 1. The van der Waals surface area contributed by atoms with Crippen molar-refractivity contribution in [2.45, 2.75) is 39.5 Å². The molecule has 2 fully saturated rings. The molecule has 2 rings (SSSR count). The third-order valence-electron chi connectivity index (χ3n) is 4.69. The van der Waals surface area contributed by atoms with Crippen LogP contribution in [0.2, 0.25) is 0 Å². The third kappa shape index (κ3) is 1.97. The molecule has 3 heteroatoms. The van der Waals surface area contributed by atoms with Gasteiger partial charge >= 0.3 is 0 Å². The second-order valence-corrected chi connectivity index (χ2v) is 5.65. The van der Waals surface area contributed by atoms with Crippen molar-refractivity contribution in [3.8, 4) is 0 Å². The summed E-state index contributed by atoms with van der Waals surface area (Å²) >= 11 is 0. The van der Waals surface area contributed by atoms with Gasteiger partial charge in [0.15, 0.2) is 0 Å². The van der Waals surface area contributed by atoms with Crippen LogP contribution in [0.4, 0.5) is 0 Å². The summed E-state index contributed by atoms with van der Waals surface area (Å²) in [6, 6.07) is 0. The average molecular weight is 224 g/mol. The highest BCUT2D eigenvalue weighted by Gasteiger charge is 2.50. The first-order valence-corrected chi connectivity index (χ1v) is 6.62. The number of hydrogen-bond donors (Lipinski definition) is 1. The van der Waals surface area contributed by atoms with Gasteiger partial charge in [-0.15, -0.1) is 0 Å². The Hall–Kier alpha value is -0.570. The minimum Gasteiger partial charge on any atom is -0.342 e. The summed E-state index contributed by atoms with van der Waals surface area (Å²) in [6.45, 7) is 6.94. The smallest absolute Gasteiger partial charge is 0.228 e. The van der Waals surface area contributed by atoms with Gasteiger partial charge in [-0.3, -0.25) is 4.79 Å². The molecule has 0 aromatic heterocycles. The summed E-state index contributed by atoms with van der Waals surface area (Å²) in [7, 11) is 0. The minimum absolute atomic E-state index is 0.0275. The quantitative estimate of drug-likeness (QED) is 0.792. The molecule has 1 aliphatic heterocycles. The number of nitrogens with zero attached hydrogens (tertiary/aromatic N) is 1. The summed E-state index contributed by atoms with van der Waals surface area (Å²) in [5.41, 5.74) is 5.80. The van der Waals surface area contributed by atoms with Gasteiger partial charge in [0.05, 0.1) is 0 Å². The number of likely N-dealkylation sites (tertiary alicyclic amines) is 1. The highest BCUT2D eigenvalue weighted by molar-refractivity contribution is 5.85. The number of rotatable bonds is 3. The van der Waals surface area contributed by atoms with Crippen molar-refractivity contribution in [2.24, 2.45) is 23.0 Å². The number of nitrogens with two attached hydrogens (primary N) is 1. The summed E-state index contributed by atoms with van der Waals surface area (Å²) in [6.07, 6.45) is 4.32. The predicted octanol–water partition coefficient (Wildman–Crippen LogP) is 1.62. The van der Waals surface area contributed by atoms with E-state index < -0.39 is 0 Å². The topological polar surface area (TPSA) is 46.3 Å². The molecule has 1 saturated heterocycles. The Kier molecular flexibility index (Phi) is 3.24. The van der Waals surface area contributed by atoms with E-state index in [9.17, 15) is 4.79 Å². The molecule has 0 radical (unpaired) electrons. The van der Waals surface area contributed by atoms with E-state index in [0.29, 0.717) is 24.3 Å². The Morgan fingerprint density at radius 1 is 1.50 bits per heavy atom. The maximum Gasteiger partial charge on any atom is 0.228 e. The van der Waals surface area contributed by atoms with Crippen LogP contribution in [0, 0.1) is 17.3 Å². The van der Waals surface area contributed by atoms with Gasteiger partial charge < -0.3 is 10.6 Å². The molecule has 92 valence electrons. The lowest BCUT2D eigenvalue weighted by atomic mass is 9.86. The molecule has 1 heterocycles. The lowest BCUT2D eigenvalue weighted by Gasteiger charge is -2.38. The van der Waals surface area contributed by atoms with E-state index in [4.69, 9.17) is 5.73 Å². The zero-order valence-electron chi connectivity index (χ0n) is 10.5. The molecular weight excluding hydrogens is 200 g/mol. The molecule has 0 aromatic rings. The van der Waals surface area contributed by atoms with Crippen molar-refractivity contribution in [1.82, 2.24) is 4.90 Å². The highest BCUT2D eigenvalue weighted by Crippen LogP contribution is 2.50. The molecule has 0 bridgehead atoms. The Bertz CT molecular complexity index is 273. The monoisotopic (exact) mass is 224 g/mol. The molecule has 2 unspecified atom stereocenters. The van der Waals surface area contributed by atoms with Crippen LogP contribution in [0.25, 0.3) is 0 Å². The van der Waals surface area contributed by atoms with Crippen LogP contribution in [-0.4, -0.2) is 30.4 Å². The number of carbonyl (C=O) groups excluding carboxylic acids is 1. The average Bonchev–Trinajstić information content (AvgIpc) is 3.09. The summed E-state index contributed by atoms with van der Waals surface area (Å²) < 4.78 is 0. The SMILES string of the molecule is CCC1(C(=O)N2CCC(C)C(CN)C2)CC1. The lowest BCUT2D eigenvalue weighted by Crippen LogP contribution is -2.48. The van der Waals surface area contributed by atoms with E-state index in [1.165, 1.54) is 0 Å². The highest BCUT2D eigenvalue weighted by atomic mass is 16.2. The van der Waals surface area contributed by atoms with E-state index in [1.807, 2.05) is 0 Å². The van der Waals surface area contributed by atoms with Crippen molar-refractivity contribution < 1.29 is 4.79 Å². The van der Waals surface area contributed by atoms with Crippen molar-refractivity contribution in [1.29, 1.82) is 0 Å². The molecule has 3 nitrogen and oxygen atoms in total. The fourth-order valence-corrected chi connectivity index (χ4v) is 2.85. The zero-order chi connectivity index (χ0) is 11.8. The minimum atomic E-state index is 0.0275. The van der Waals surface area contributed by atoms with Gasteiger partial charge in [-0.2, -0.15) is 0 Å². The largest absolute Gasteiger partial charge is 0.342 e. The first-order chi connectivity index (χ1) is 7.63. The van der Waals surface area contributed by atoms with Gasteiger partial charge in [0.25, 0.3) is 0 Å². The van der Waals surface area contributed by atoms with Gasteiger partial charge in [0.2, 0.25) is 5.91 Å². The van der Waals surface area contributed by atoms with Gasteiger partial charge in [-0.1, -0.05) is 13.8 Å². The van der Waals surface area contributed by atoms with Crippen LogP contribution >= 0.6 is 0 Å². The van der Waals surface area contributed by atoms with Gasteiger partial charge in [-0.25, -0.2) is 0 Å². The maximum absolute atomic E-state index is 12.4. The molecular formula is C13H24N2O. The van der Waals surface area contributed by atoms with E-state index in [2.05, 4.69) is 18.7 Å². The van der Waals surface area contributed by atoms with Crippen LogP contribution in [0.15, 0.2) is 0 Å². The molecule has 0 aromatic carbocycles. The van der Waals surface area contributed by atoms with E-state index in [1.54, 1.807) is 0 Å². The first-order valence-electron chi connectivity index (χ1n) is 6.62. The van der Waals surface area contributed by atoms with Gasteiger partial charge in [0, 0.05) is 18.5 Å². The summed E-state index contributed by atoms with van der Waals surface area (Å²) in [5.74, 6) is 1.58. The number of amides is 1. The second-order valence-electron chi connectivity index (χ2n) is 5.65. The summed E-state index contributed by atoms with van der Waals surface area (Å²) in [5, 5.41) is 0. The van der Waals surface area contributed by atoms with E-state index in [0.717, 1.165) is 38.8 Å². The van der Waals surface area contributed by atoms with Crippen molar-refractivity contribution in [3.05, 3.63) is 0 Å². The number of piperidine rings is 1. The van der Waals surface area contributed by atoms with E-state index in [-0.39, 0.29) is 5.41 Å². The Balaban J connectivity index is 1.98. The molecule has 1 amide bonds. The molecule has 2 atom stereocenters. The Morgan fingerprint density at radius 3 is 2.69 bits per heavy atom. The Labute approximate surface area is 98.4 Å². The summed E-state index contributed by atoms with van der Waals surface area (Å²) in [4.78, 5) is 14.4. The van der Waals surface area contributed by atoms with Gasteiger partial charge in [-0.05, 0) is 44.1 Å². The van der Waals surface area contributed by atoms with Crippen LogP contribution in [0.3, 0.4) is 0 Å². The molecule has 2 aliphatic rings. The predicted molar refractivity (Wildman–Crippen MR) is 64.9 cm³/mol. The maximum atomic E-state index is 12.4. The first kappa shape index (κ1) is 11.9. The lowest BCUT2D eigenvalue weighted by molar-refractivity contribution is -0.139. The van der Waals surface area contributed by atoms with Gasteiger partial charge in [0.1, 0.15) is 0 Å². The fraction of sp³-hybridized carbons (Fsp3) is 0.923. The Morgan fingerprint density at radius 2 is 2.19 bits per heavy atom. The fourth-order valence-electron chi connectivity index (χ4n) is 2.85. The van der Waals surface area contributed by atoms with Crippen molar-refractivity contribution >= 4 is 5.91 Å². The second kappa shape index (κ2) is 4.36. The normalized spacial score (nSPS) is 32.6. The zero-order valence-corrected chi connectivity index (χ0v) is 10.5. The number of hydrogen-bond acceptors (Lipinski definition) is 2. The van der Waals surface area contributed by atoms with E-state index >= 15 is 0 Å². The van der Waals surface area contributed by atoms with Crippen molar-refractivity contribution in [2.75, 3.05) is 19.6 Å². The molecule has 0 spiro atoms. The van der Waals surface area contributed by atoms with Crippen LogP contribution < -0.4 is 5.73 Å². The molecule has 2 N–H and O–H groups in total. The van der Waals surface area contributed by atoms with Crippen LogP contribution in [0.1, 0.15) is 39.5 Å². The molecule has 16 heavy (non-hydrogen) atoms. The third-order valence-corrected chi connectivity index (χ3v) is 4.69. The van der Waals surface area contributed by atoms with Crippen LogP contribution in [0.5, 0.6) is 0 Å². The van der Waals surface area contributed by atoms with Crippen LogP contribution in [-0.2, 0) is 4.79 Å². The molecule has 1 aliphatic carbocycles. The standard InChI is InChI=1S/C13H24N2O/c1-3-13(5-6-13)12(16)15-7-4-10(2)11(8-14)9-15/h10-11H,3-9,14H2,1-2H3. The molecule has 1 saturated carbocycles.